The van der Waals surface area contributed by atoms with Crippen LogP contribution in [-0.4, -0.2) is 58.2 Å². The smallest absolute Gasteiger partial charge is 0.261 e. The Morgan fingerprint density at radius 3 is 2.69 bits per heavy atom. The number of aromatic nitrogens is 4. The predicted octanol–water partition coefficient (Wildman–Crippen LogP) is 2.04. The quantitative estimate of drug-likeness (QED) is 0.568. The summed E-state index contributed by atoms with van der Waals surface area (Å²) in [6.07, 6.45) is 1.07. The minimum atomic E-state index is -0.579. The van der Waals surface area contributed by atoms with Crippen LogP contribution in [-0.2, 0) is 24.4 Å². The topological polar surface area (TPSA) is 112 Å². The highest BCUT2D eigenvalue weighted by Gasteiger charge is 2.32. The molecule has 0 aromatic carbocycles. The molecule has 1 aliphatic heterocycles. The molecule has 1 amide bonds. The molecular formula is C22H25N5O5. The summed E-state index contributed by atoms with van der Waals surface area (Å²) < 4.78 is 17.4. The lowest BCUT2D eigenvalue weighted by Crippen LogP contribution is -2.24. The molecule has 0 bridgehead atoms. The molecule has 0 spiro atoms. The lowest BCUT2D eigenvalue weighted by atomic mass is 10.1. The Morgan fingerprint density at radius 2 is 2.00 bits per heavy atom. The number of anilines is 1. The molecule has 1 N–H and O–H groups in total. The predicted molar refractivity (Wildman–Crippen MR) is 116 cm³/mol. The average molecular weight is 439 g/mol. The standard InChI is InChI=1S/C22H25N5O5/c1-13(28)10-27-15(12-30-2)8-20(25-27)26-11-18-16(22(26)29)5-6-17(24-18)14-7-19(31-3)21(32-4)23-9-14/h5-9,13,28H,10-12H2,1-4H3/t13-/m0/s1. The van der Waals surface area contributed by atoms with Crippen LogP contribution in [0.1, 0.15) is 28.7 Å². The molecule has 168 valence electrons. The van der Waals surface area contributed by atoms with Gasteiger partial charge in [0.05, 0.1) is 62.7 Å². The first-order valence-electron chi connectivity index (χ1n) is 10.1. The molecule has 10 nitrogen and oxygen atoms in total. The first kappa shape index (κ1) is 21.7. The van der Waals surface area contributed by atoms with Crippen LogP contribution in [0.3, 0.4) is 0 Å². The van der Waals surface area contributed by atoms with Gasteiger partial charge < -0.3 is 19.3 Å². The molecule has 4 rings (SSSR count). The van der Waals surface area contributed by atoms with Crippen LogP contribution in [0.25, 0.3) is 11.3 Å². The normalized spacial score (nSPS) is 13.9. The monoisotopic (exact) mass is 439 g/mol. The number of methoxy groups -OCH3 is 3. The van der Waals surface area contributed by atoms with Crippen LogP contribution >= 0.6 is 0 Å². The van der Waals surface area contributed by atoms with E-state index >= 15 is 0 Å². The van der Waals surface area contributed by atoms with E-state index in [2.05, 4.69) is 10.1 Å². The number of rotatable bonds is 8. The van der Waals surface area contributed by atoms with E-state index in [9.17, 15) is 9.90 Å². The van der Waals surface area contributed by atoms with E-state index in [4.69, 9.17) is 19.2 Å². The van der Waals surface area contributed by atoms with E-state index < -0.39 is 6.10 Å². The fraction of sp³-hybridized carbons (Fsp3) is 0.364. The Bertz CT molecular complexity index is 1140. The zero-order chi connectivity index (χ0) is 22.8. The van der Waals surface area contributed by atoms with Gasteiger partial charge in [0.15, 0.2) is 11.6 Å². The summed E-state index contributed by atoms with van der Waals surface area (Å²) in [6.45, 7) is 2.61. The Balaban J connectivity index is 1.64. The van der Waals surface area contributed by atoms with Crippen molar-refractivity contribution in [2.24, 2.45) is 0 Å². The third-order valence-corrected chi connectivity index (χ3v) is 5.14. The Labute approximate surface area is 185 Å². The highest BCUT2D eigenvalue weighted by Crippen LogP contribution is 2.32. The SMILES string of the molecule is COCc1cc(N2Cc3nc(-c4cnc(OC)c(OC)c4)ccc3C2=O)nn1C[C@H](C)O. The summed E-state index contributed by atoms with van der Waals surface area (Å²) in [6, 6.07) is 7.14. The van der Waals surface area contributed by atoms with Crippen molar-refractivity contribution < 1.29 is 24.1 Å². The maximum absolute atomic E-state index is 13.0. The maximum atomic E-state index is 13.0. The number of hydrogen-bond donors (Lipinski definition) is 1. The van der Waals surface area contributed by atoms with Gasteiger partial charge in [-0.1, -0.05) is 0 Å². The largest absolute Gasteiger partial charge is 0.491 e. The van der Waals surface area contributed by atoms with Crippen molar-refractivity contribution in [1.29, 1.82) is 0 Å². The van der Waals surface area contributed by atoms with E-state index in [0.29, 0.717) is 54.1 Å². The number of hydrogen-bond acceptors (Lipinski definition) is 8. The van der Waals surface area contributed by atoms with Gasteiger partial charge in [-0.25, -0.2) is 4.98 Å². The Kier molecular flexibility index (Phi) is 6.06. The van der Waals surface area contributed by atoms with Gasteiger partial charge in [-0.3, -0.25) is 19.4 Å². The number of aliphatic hydroxyl groups excluding tert-OH is 1. The Morgan fingerprint density at radius 1 is 1.19 bits per heavy atom. The maximum Gasteiger partial charge on any atom is 0.261 e. The summed E-state index contributed by atoms with van der Waals surface area (Å²) in [5.41, 5.74) is 3.38. The molecule has 1 atom stereocenters. The molecule has 0 aliphatic carbocycles. The Hall–Kier alpha value is -3.50. The van der Waals surface area contributed by atoms with Crippen molar-refractivity contribution >= 4 is 11.7 Å². The minimum Gasteiger partial charge on any atom is -0.491 e. The van der Waals surface area contributed by atoms with Crippen LogP contribution in [0.15, 0.2) is 30.5 Å². The second-order valence-corrected chi connectivity index (χ2v) is 7.48. The van der Waals surface area contributed by atoms with Crippen LogP contribution in [0, 0.1) is 0 Å². The molecule has 0 saturated carbocycles. The lowest BCUT2D eigenvalue weighted by Gasteiger charge is -2.11. The summed E-state index contributed by atoms with van der Waals surface area (Å²) in [5, 5.41) is 14.3. The fourth-order valence-corrected chi connectivity index (χ4v) is 3.65. The summed E-state index contributed by atoms with van der Waals surface area (Å²) in [7, 11) is 4.66. The van der Waals surface area contributed by atoms with Crippen LogP contribution in [0.2, 0.25) is 0 Å². The van der Waals surface area contributed by atoms with Crippen molar-refractivity contribution in [3.05, 3.63) is 47.4 Å². The number of nitrogens with zero attached hydrogens (tertiary/aromatic N) is 5. The van der Waals surface area contributed by atoms with Crippen molar-refractivity contribution in [2.75, 3.05) is 26.2 Å². The molecule has 1 aliphatic rings. The van der Waals surface area contributed by atoms with Crippen LogP contribution in [0.5, 0.6) is 11.6 Å². The van der Waals surface area contributed by atoms with E-state index in [0.717, 1.165) is 11.3 Å². The van der Waals surface area contributed by atoms with Gasteiger partial charge in [0.2, 0.25) is 0 Å². The molecule has 3 aromatic heterocycles. The highest BCUT2D eigenvalue weighted by molar-refractivity contribution is 6.09. The third-order valence-electron chi connectivity index (χ3n) is 5.14. The van der Waals surface area contributed by atoms with Gasteiger partial charge in [0.1, 0.15) is 0 Å². The third kappa shape index (κ3) is 4.02. The number of pyridine rings is 2. The van der Waals surface area contributed by atoms with Crippen LogP contribution < -0.4 is 14.4 Å². The average Bonchev–Trinajstić information content (AvgIpc) is 3.33. The van der Waals surface area contributed by atoms with Gasteiger partial charge >= 0.3 is 0 Å². The van der Waals surface area contributed by atoms with Gasteiger partial charge in [0, 0.05) is 24.9 Å². The minimum absolute atomic E-state index is 0.171. The summed E-state index contributed by atoms with van der Waals surface area (Å²) in [4.78, 5) is 23.6. The molecule has 0 unspecified atom stereocenters. The zero-order valence-electron chi connectivity index (χ0n) is 18.4. The first-order valence-corrected chi connectivity index (χ1v) is 10.1. The molecule has 0 radical (unpaired) electrons. The van der Waals surface area contributed by atoms with Gasteiger partial charge in [-0.15, -0.1) is 0 Å². The molecule has 32 heavy (non-hydrogen) atoms. The van der Waals surface area contributed by atoms with E-state index in [1.165, 1.54) is 7.11 Å². The van der Waals surface area contributed by atoms with E-state index in [1.54, 1.807) is 61.2 Å². The second-order valence-electron chi connectivity index (χ2n) is 7.48. The molecule has 0 saturated heterocycles. The number of ether oxygens (including phenoxy) is 3. The molecule has 4 heterocycles. The zero-order valence-corrected chi connectivity index (χ0v) is 18.4. The van der Waals surface area contributed by atoms with Crippen molar-refractivity contribution in [3.8, 4) is 22.9 Å². The number of aliphatic hydroxyl groups is 1. The molecule has 3 aromatic rings. The number of carbonyl (C=O) groups excluding carboxylic acids is 1. The van der Waals surface area contributed by atoms with E-state index in [-0.39, 0.29) is 5.91 Å². The van der Waals surface area contributed by atoms with Crippen molar-refractivity contribution in [1.82, 2.24) is 19.7 Å². The molecule has 10 heteroatoms. The van der Waals surface area contributed by atoms with Crippen LogP contribution in [0.4, 0.5) is 5.82 Å². The van der Waals surface area contributed by atoms with Gasteiger partial charge in [0.25, 0.3) is 11.8 Å². The van der Waals surface area contributed by atoms with Crippen molar-refractivity contribution in [2.45, 2.75) is 32.7 Å². The first-order chi connectivity index (χ1) is 15.4. The summed E-state index contributed by atoms with van der Waals surface area (Å²) in [5.74, 6) is 1.21. The fourth-order valence-electron chi connectivity index (χ4n) is 3.65. The molecule has 0 fully saturated rings. The van der Waals surface area contributed by atoms with Gasteiger partial charge in [-0.2, -0.15) is 5.10 Å². The number of amides is 1. The van der Waals surface area contributed by atoms with E-state index in [1.807, 2.05) is 0 Å². The molecular weight excluding hydrogens is 414 g/mol. The number of carbonyl (C=O) groups is 1. The second kappa shape index (κ2) is 8.93. The van der Waals surface area contributed by atoms with Gasteiger partial charge in [-0.05, 0) is 25.1 Å². The lowest BCUT2D eigenvalue weighted by molar-refractivity contribution is 0.0995. The summed E-state index contributed by atoms with van der Waals surface area (Å²) >= 11 is 0. The van der Waals surface area contributed by atoms with Crippen molar-refractivity contribution in [3.63, 3.8) is 0 Å². The number of fused-ring (bicyclic) bond motifs is 1. The highest BCUT2D eigenvalue weighted by atomic mass is 16.5.